The molecule has 0 unspecified atom stereocenters. The van der Waals surface area contributed by atoms with Gasteiger partial charge in [-0.15, -0.1) is 0 Å². The molecule has 1 aromatic heterocycles. The number of carbonyl (C=O) groups is 1. The smallest absolute Gasteiger partial charge is 0.225 e. The SMILES string of the molecule is O=C(C1CC1)N1CC=C(c2c[nH]c3cc(Cl)ccc23)CC1. The normalized spacial score (nSPS) is 18.9. The van der Waals surface area contributed by atoms with E-state index in [0.717, 1.165) is 42.9 Å². The van der Waals surface area contributed by atoms with Crippen molar-refractivity contribution < 1.29 is 4.79 Å². The van der Waals surface area contributed by atoms with Crippen molar-refractivity contribution in [3.63, 3.8) is 0 Å². The number of halogens is 1. The third-order valence-electron chi connectivity index (χ3n) is 4.44. The van der Waals surface area contributed by atoms with Gasteiger partial charge in [-0.2, -0.15) is 0 Å². The van der Waals surface area contributed by atoms with Crippen LogP contribution < -0.4 is 0 Å². The summed E-state index contributed by atoms with van der Waals surface area (Å²) in [4.78, 5) is 17.4. The van der Waals surface area contributed by atoms with Crippen molar-refractivity contribution in [2.45, 2.75) is 19.3 Å². The van der Waals surface area contributed by atoms with Gasteiger partial charge in [0.25, 0.3) is 0 Å². The number of nitrogens with zero attached hydrogens (tertiary/aromatic N) is 1. The Hall–Kier alpha value is -1.74. The first-order valence-electron chi connectivity index (χ1n) is 7.47. The summed E-state index contributed by atoms with van der Waals surface area (Å²) in [6.07, 6.45) is 7.32. The lowest BCUT2D eigenvalue weighted by Gasteiger charge is -2.26. The summed E-state index contributed by atoms with van der Waals surface area (Å²) >= 11 is 6.02. The standard InChI is InChI=1S/C17H17ClN2O/c18-13-3-4-14-15(10-19-16(14)9-13)11-5-7-20(8-6-11)17(21)12-1-2-12/h3-5,9-10,12,19H,1-2,6-8H2. The minimum atomic E-state index is 0.315. The summed E-state index contributed by atoms with van der Waals surface area (Å²) in [6.45, 7) is 1.58. The molecule has 0 spiro atoms. The van der Waals surface area contributed by atoms with E-state index in [-0.39, 0.29) is 0 Å². The van der Waals surface area contributed by atoms with E-state index in [9.17, 15) is 4.79 Å². The average molecular weight is 301 g/mol. The van der Waals surface area contributed by atoms with Gasteiger partial charge < -0.3 is 9.88 Å². The average Bonchev–Trinajstić information content (AvgIpc) is 3.27. The van der Waals surface area contributed by atoms with Gasteiger partial charge in [-0.1, -0.05) is 23.7 Å². The van der Waals surface area contributed by atoms with Crippen LogP contribution in [-0.2, 0) is 4.79 Å². The van der Waals surface area contributed by atoms with Gasteiger partial charge in [0.15, 0.2) is 0 Å². The molecule has 0 radical (unpaired) electrons. The minimum absolute atomic E-state index is 0.315. The summed E-state index contributed by atoms with van der Waals surface area (Å²) < 4.78 is 0. The number of benzene rings is 1. The van der Waals surface area contributed by atoms with Crippen molar-refractivity contribution in [2.24, 2.45) is 5.92 Å². The van der Waals surface area contributed by atoms with Gasteiger partial charge >= 0.3 is 0 Å². The Kier molecular flexibility index (Phi) is 3.03. The van der Waals surface area contributed by atoms with Gasteiger partial charge in [0, 0.05) is 46.7 Å². The third kappa shape index (κ3) is 2.36. The van der Waals surface area contributed by atoms with E-state index in [4.69, 9.17) is 11.6 Å². The van der Waals surface area contributed by atoms with Crippen LogP contribution in [0.4, 0.5) is 0 Å². The summed E-state index contributed by atoms with van der Waals surface area (Å²) in [5.74, 6) is 0.659. The Morgan fingerprint density at radius 2 is 2.19 bits per heavy atom. The van der Waals surface area contributed by atoms with Crippen molar-refractivity contribution >= 4 is 34.0 Å². The van der Waals surface area contributed by atoms with Crippen LogP contribution >= 0.6 is 11.6 Å². The molecule has 4 heteroatoms. The highest BCUT2D eigenvalue weighted by Crippen LogP contribution is 2.34. The molecule has 21 heavy (non-hydrogen) atoms. The van der Waals surface area contributed by atoms with Gasteiger partial charge in [-0.05, 0) is 37.0 Å². The second-order valence-corrected chi connectivity index (χ2v) is 6.37. The van der Waals surface area contributed by atoms with Gasteiger partial charge in [0.1, 0.15) is 0 Å². The van der Waals surface area contributed by atoms with Gasteiger partial charge in [0.2, 0.25) is 5.91 Å². The highest BCUT2D eigenvalue weighted by molar-refractivity contribution is 6.31. The zero-order valence-corrected chi connectivity index (χ0v) is 12.5. The van der Waals surface area contributed by atoms with Crippen LogP contribution in [0.15, 0.2) is 30.5 Å². The zero-order chi connectivity index (χ0) is 14.4. The third-order valence-corrected chi connectivity index (χ3v) is 4.67. The molecule has 2 heterocycles. The summed E-state index contributed by atoms with van der Waals surface area (Å²) in [5, 5.41) is 1.95. The van der Waals surface area contributed by atoms with Crippen molar-refractivity contribution in [3.8, 4) is 0 Å². The van der Waals surface area contributed by atoms with Crippen LogP contribution in [0.25, 0.3) is 16.5 Å². The first-order valence-corrected chi connectivity index (χ1v) is 7.85. The van der Waals surface area contributed by atoms with Gasteiger partial charge in [-0.3, -0.25) is 4.79 Å². The molecule has 1 aliphatic heterocycles. The largest absolute Gasteiger partial charge is 0.361 e. The maximum absolute atomic E-state index is 12.1. The highest BCUT2D eigenvalue weighted by Gasteiger charge is 2.33. The van der Waals surface area contributed by atoms with E-state index in [1.165, 1.54) is 16.5 Å². The monoisotopic (exact) mass is 300 g/mol. The molecule has 1 aromatic carbocycles. The van der Waals surface area contributed by atoms with Crippen LogP contribution in [0.5, 0.6) is 0 Å². The molecule has 4 rings (SSSR count). The molecule has 2 aliphatic rings. The lowest BCUT2D eigenvalue weighted by Crippen LogP contribution is -2.35. The van der Waals surface area contributed by atoms with Crippen LogP contribution in [-0.4, -0.2) is 28.9 Å². The molecular weight excluding hydrogens is 284 g/mol. The molecule has 2 aromatic rings. The van der Waals surface area contributed by atoms with E-state index in [0.29, 0.717) is 11.8 Å². The molecule has 1 amide bonds. The Labute approximate surface area is 128 Å². The van der Waals surface area contributed by atoms with E-state index < -0.39 is 0 Å². The number of hydrogen-bond acceptors (Lipinski definition) is 1. The van der Waals surface area contributed by atoms with Crippen LogP contribution in [0.1, 0.15) is 24.8 Å². The summed E-state index contributed by atoms with van der Waals surface area (Å²) in [5.41, 5.74) is 3.62. The quantitative estimate of drug-likeness (QED) is 0.898. The van der Waals surface area contributed by atoms with E-state index in [1.807, 2.05) is 23.2 Å². The fourth-order valence-corrected chi connectivity index (χ4v) is 3.24. The van der Waals surface area contributed by atoms with Gasteiger partial charge in [-0.25, -0.2) is 0 Å². The van der Waals surface area contributed by atoms with Crippen LogP contribution in [0.2, 0.25) is 5.02 Å². The van der Waals surface area contributed by atoms with E-state index >= 15 is 0 Å². The Bertz CT molecular complexity index is 742. The second-order valence-electron chi connectivity index (χ2n) is 5.93. The van der Waals surface area contributed by atoms with Crippen molar-refractivity contribution in [1.82, 2.24) is 9.88 Å². The van der Waals surface area contributed by atoms with Crippen LogP contribution in [0.3, 0.4) is 0 Å². The molecule has 0 saturated heterocycles. The number of H-pyrrole nitrogens is 1. The molecule has 0 atom stereocenters. The van der Waals surface area contributed by atoms with E-state index in [2.05, 4.69) is 17.1 Å². The van der Waals surface area contributed by atoms with E-state index in [1.54, 1.807) is 0 Å². The first kappa shape index (κ1) is 13.0. The molecule has 108 valence electrons. The predicted octanol–water partition coefficient (Wildman–Crippen LogP) is 3.85. The summed E-state index contributed by atoms with van der Waals surface area (Å²) in [7, 11) is 0. The summed E-state index contributed by atoms with van der Waals surface area (Å²) in [6, 6.07) is 5.94. The van der Waals surface area contributed by atoms with Gasteiger partial charge in [0.05, 0.1) is 0 Å². The predicted molar refractivity (Wildman–Crippen MR) is 85.2 cm³/mol. The maximum Gasteiger partial charge on any atom is 0.225 e. The zero-order valence-electron chi connectivity index (χ0n) is 11.7. The second kappa shape index (κ2) is 4.92. The molecule has 1 fully saturated rings. The number of carbonyl (C=O) groups excluding carboxylic acids is 1. The fraction of sp³-hybridized carbons (Fsp3) is 0.353. The van der Waals surface area contributed by atoms with Crippen molar-refractivity contribution in [1.29, 1.82) is 0 Å². The lowest BCUT2D eigenvalue weighted by molar-refractivity contribution is -0.132. The lowest BCUT2D eigenvalue weighted by atomic mass is 9.99. The number of amides is 1. The fourth-order valence-electron chi connectivity index (χ4n) is 3.07. The van der Waals surface area contributed by atoms with Crippen molar-refractivity contribution in [2.75, 3.05) is 13.1 Å². The number of fused-ring (bicyclic) bond motifs is 1. The van der Waals surface area contributed by atoms with Crippen molar-refractivity contribution in [3.05, 3.63) is 41.1 Å². The molecule has 3 nitrogen and oxygen atoms in total. The number of nitrogens with one attached hydrogen (secondary N) is 1. The Morgan fingerprint density at radius 3 is 2.90 bits per heavy atom. The molecule has 1 N–H and O–H groups in total. The molecule has 1 aliphatic carbocycles. The number of hydrogen-bond donors (Lipinski definition) is 1. The highest BCUT2D eigenvalue weighted by atomic mass is 35.5. The molecule has 1 saturated carbocycles. The first-order chi connectivity index (χ1) is 10.2. The molecular formula is C17H17ClN2O. The minimum Gasteiger partial charge on any atom is -0.361 e. The Morgan fingerprint density at radius 1 is 1.33 bits per heavy atom. The maximum atomic E-state index is 12.1. The number of aromatic nitrogens is 1. The van der Waals surface area contributed by atoms with Crippen LogP contribution in [0, 0.1) is 5.92 Å². The molecule has 0 bridgehead atoms. The topological polar surface area (TPSA) is 36.1 Å². The number of rotatable bonds is 2. The number of aromatic amines is 1. The Balaban J connectivity index is 1.60.